The quantitative estimate of drug-likeness (QED) is 0.780. The van der Waals surface area contributed by atoms with Gasteiger partial charge in [-0.05, 0) is 88.7 Å². The summed E-state index contributed by atoms with van der Waals surface area (Å²) in [5.74, 6) is 0.379. The molecule has 0 radical (unpaired) electrons. The van der Waals surface area contributed by atoms with Crippen LogP contribution < -0.4 is 9.80 Å². The fraction of sp³-hybridized carbons (Fsp3) is 0.708. The third-order valence-electron chi connectivity index (χ3n) is 7.83. The molecule has 0 N–H and O–H groups in total. The standard InChI is InChI=1S/C24H35N3O2/c28-23-24(11-16-26(17-12-24)21-8-18-29-19-9-21)10-3-15-27(23)22-6-4-20(5-7-22)25-13-1-2-14-25/h4-7,21H,1-3,8-19H2. The van der Waals surface area contributed by atoms with Crippen molar-refractivity contribution in [2.45, 2.75) is 57.4 Å². The minimum Gasteiger partial charge on any atom is -0.381 e. The van der Waals surface area contributed by atoms with E-state index in [-0.39, 0.29) is 5.41 Å². The van der Waals surface area contributed by atoms with E-state index in [1.807, 2.05) is 0 Å². The molecule has 4 aliphatic heterocycles. The van der Waals surface area contributed by atoms with Crippen molar-refractivity contribution in [1.29, 1.82) is 0 Å². The van der Waals surface area contributed by atoms with E-state index < -0.39 is 0 Å². The summed E-state index contributed by atoms with van der Waals surface area (Å²) in [7, 11) is 0. The van der Waals surface area contributed by atoms with Crippen LogP contribution in [0.15, 0.2) is 24.3 Å². The fourth-order valence-corrected chi connectivity index (χ4v) is 5.97. The highest BCUT2D eigenvalue weighted by Crippen LogP contribution is 2.43. The van der Waals surface area contributed by atoms with Crippen LogP contribution in [-0.2, 0) is 9.53 Å². The second kappa shape index (κ2) is 8.27. The molecule has 5 rings (SSSR count). The number of piperidine rings is 2. The Morgan fingerprint density at radius 3 is 2.14 bits per heavy atom. The van der Waals surface area contributed by atoms with Crippen LogP contribution in [0.5, 0.6) is 0 Å². The summed E-state index contributed by atoms with van der Waals surface area (Å²) < 4.78 is 5.53. The third-order valence-corrected chi connectivity index (χ3v) is 7.83. The number of ether oxygens (including phenoxy) is 1. The van der Waals surface area contributed by atoms with Gasteiger partial charge in [0, 0.05) is 50.3 Å². The largest absolute Gasteiger partial charge is 0.381 e. The first-order valence-electron chi connectivity index (χ1n) is 11.7. The first-order chi connectivity index (χ1) is 14.3. The number of benzene rings is 1. The molecule has 1 aromatic carbocycles. The molecule has 4 saturated heterocycles. The van der Waals surface area contributed by atoms with E-state index in [1.165, 1.54) is 18.5 Å². The highest BCUT2D eigenvalue weighted by molar-refractivity contribution is 5.98. The van der Waals surface area contributed by atoms with E-state index in [0.717, 1.165) is 90.1 Å². The van der Waals surface area contributed by atoms with Crippen LogP contribution in [0.4, 0.5) is 11.4 Å². The molecule has 0 aliphatic carbocycles. The fourth-order valence-electron chi connectivity index (χ4n) is 5.97. The number of hydrogen-bond acceptors (Lipinski definition) is 4. The predicted molar refractivity (Wildman–Crippen MR) is 117 cm³/mol. The number of nitrogens with zero attached hydrogens (tertiary/aromatic N) is 3. The van der Waals surface area contributed by atoms with Gasteiger partial charge in [0.25, 0.3) is 0 Å². The third kappa shape index (κ3) is 3.79. The summed E-state index contributed by atoms with van der Waals surface area (Å²) in [6.07, 6.45) is 9.11. The molecule has 158 valence electrons. The topological polar surface area (TPSA) is 36.0 Å². The minimum absolute atomic E-state index is 0.131. The number of rotatable bonds is 3. The maximum absolute atomic E-state index is 13.6. The summed E-state index contributed by atoms with van der Waals surface area (Å²) in [5.41, 5.74) is 2.26. The van der Waals surface area contributed by atoms with E-state index in [0.29, 0.717) is 11.9 Å². The van der Waals surface area contributed by atoms with Crippen molar-refractivity contribution >= 4 is 17.3 Å². The van der Waals surface area contributed by atoms with Crippen molar-refractivity contribution in [2.75, 3.05) is 55.7 Å². The van der Waals surface area contributed by atoms with Gasteiger partial charge in [0.2, 0.25) is 5.91 Å². The second-order valence-corrected chi connectivity index (χ2v) is 9.43. The van der Waals surface area contributed by atoms with Gasteiger partial charge < -0.3 is 19.4 Å². The Hall–Kier alpha value is -1.59. The van der Waals surface area contributed by atoms with Gasteiger partial charge in [-0.2, -0.15) is 0 Å². The molecule has 5 heteroatoms. The molecular formula is C24H35N3O2. The molecule has 1 spiro atoms. The molecule has 5 nitrogen and oxygen atoms in total. The van der Waals surface area contributed by atoms with Crippen molar-refractivity contribution in [3.05, 3.63) is 24.3 Å². The zero-order valence-electron chi connectivity index (χ0n) is 17.7. The minimum atomic E-state index is -0.131. The second-order valence-electron chi connectivity index (χ2n) is 9.43. The summed E-state index contributed by atoms with van der Waals surface area (Å²) in [4.78, 5) is 20.8. The zero-order chi connectivity index (χ0) is 19.7. The number of likely N-dealkylation sites (tertiary alicyclic amines) is 1. The number of carbonyl (C=O) groups is 1. The molecule has 0 saturated carbocycles. The van der Waals surface area contributed by atoms with Gasteiger partial charge in [0.05, 0.1) is 5.41 Å². The van der Waals surface area contributed by atoms with Gasteiger partial charge in [-0.3, -0.25) is 4.79 Å². The van der Waals surface area contributed by atoms with Gasteiger partial charge in [0.1, 0.15) is 0 Å². The van der Waals surface area contributed by atoms with Crippen molar-refractivity contribution in [2.24, 2.45) is 5.41 Å². The molecule has 4 fully saturated rings. The Morgan fingerprint density at radius 1 is 0.793 bits per heavy atom. The van der Waals surface area contributed by atoms with Crippen LogP contribution in [-0.4, -0.2) is 62.8 Å². The van der Waals surface area contributed by atoms with Crippen LogP contribution in [0.3, 0.4) is 0 Å². The van der Waals surface area contributed by atoms with Crippen molar-refractivity contribution in [3.63, 3.8) is 0 Å². The Morgan fingerprint density at radius 2 is 1.45 bits per heavy atom. The molecule has 29 heavy (non-hydrogen) atoms. The van der Waals surface area contributed by atoms with Gasteiger partial charge in [-0.25, -0.2) is 0 Å². The lowest BCUT2D eigenvalue weighted by Crippen LogP contribution is -2.55. The van der Waals surface area contributed by atoms with E-state index in [2.05, 4.69) is 39.0 Å². The maximum atomic E-state index is 13.6. The van der Waals surface area contributed by atoms with E-state index >= 15 is 0 Å². The van der Waals surface area contributed by atoms with Crippen LogP contribution in [0.2, 0.25) is 0 Å². The lowest BCUT2D eigenvalue weighted by atomic mass is 9.71. The van der Waals surface area contributed by atoms with E-state index in [1.54, 1.807) is 0 Å². The molecule has 0 bridgehead atoms. The normalized spacial score (nSPS) is 26.4. The summed E-state index contributed by atoms with van der Waals surface area (Å²) in [6, 6.07) is 9.42. The van der Waals surface area contributed by atoms with Crippen LogP contribution >= 0.6 is 0 Å². The molecule has 1 aromatic rings. The summed E-state index contributed by atoms with van der Waals surface area (Å²) in [6.45, 7) is 7.12. The van der Waals surface area contributed by atoms with Gasteiger partial charge in [0.15, 0.2) is 0 Å². The molecule has 0 aromatic heterocycles. The average molecular weight is 398 g/mol. The number of anilines is 2. The van der Waals surface area contributed by atoms with Crippen molar-refractivity contribution in [1.82, 2.24) is 4.90 Å². The Labute approximate surface area is 175 Å². The summed E-state index contributed by atoms with van der Waals surface area (Å²) in [5, 5.41) is 0. The van der Waals surface area contributed by atoms with Gasteiger partial charge in [-0.1, -0.05) is 0 Å². The van der Waals surface area contributed by atoms with E-state index in [4.69, 9.17) is 4.74 Å². The zero-order valence-corrected chi connectivity index (χ0v) is 17.7. The molecule has 0 atom stereocenters. The molecule has 1 amide bonds. The average Bonchev–Trinajstić information content (AvgIpc) is 3.32. The Bertz CT molecular complexity index is 699. The predicted octanol–water partition coefficient (Wildman–Crippen LogP) is 3.67. The maximum Gasteiger partial charge on any atom is 0.233 e. The highest BCUT2D eigenvalue weighted by atomic mass is 16.5. The lowest BCUT2D eigenvalue weighted by molar-refractivity contribution is -0.134. The number of amides is 1. The van der Waals surface area contributed by atoms with Gasteiger partial charge >= 0.3 is 0 Å². The number of hydrogen-bond donors (Lipinski definition) is 0. The first-order valence-corrected chi connectivity index (χ1v) is 11.7. The van der Waals surface area contributed by atoms with Crippen LogP contribution in [0.1, 0.15) is 51.4 Å². The monoisotopic (exact) mass is 397 g/mol. The Balaban J connectivity index is 1.25. The van der Waals surface area contributed by atoms with E-state index in [9.17, 15) is 4.79 Å². The smallest absolute Gasteiger partial charge is 0.233 e. The molecule has 4 aliphatic rings. The van der Waals surface area contributed by atoms with Crippen molar-refractivity contribution < 1.29 is 9.53 Å². The first kappa shape index (κ1) is 19.4. The molecule has 4 heterocycles. The SMILES string of the molecule is O=C1N(c2ccc(N3CCCC3)cc2)CCCC12CCN(C1CCOCC1)CC2. The lowest BCUT2D eigenvalue weighted by Gasteiger charge is -2.48. The summed E-state index contributed by atoms with van der Waals surface area (Å²) >= 11 is 0. The molecule has 0 unspecified atom stereocenters. The highest BCUT2D eigenvalue weighted by Gasteiger charge is 2.46. The van der Waals surface area contributed by atoms with Crippen LogP contribution in [0.25, 0.3) is 0 Å². The van der Waals surface area contributed by atoms with Gasteiger partial charge in [-0.15, -0.1) is 0 Å². The Kier molecular flexibility index (Phi) is 5.53. The van der Waals surface area contributed by atoms with Crippen LogP contribution in [0, 0.1) is 5.41 Å². The number of carbonyl (C=O) groups excluding carboxylic acids is 1. The van der Waals surface area contributed by atoms with Crippen molar-refractivity contribution in [3.8, 4) is 0 Å². The molecular weight excluding hydrogens is 362 g/mol.